The van der Waals surface area contributed by atoms with Crippen molar-refractivity contribution in [1.29, 1.82) is 0 Å². The molecule has 0 bridgehead atoms. The van der Waals surface area contributed by atoms with Gasteiger partial charge in [-0.2, -0.15) is 12.6 Å². The number of amides is 15. The molecule has 19 N–H and O–H groups in total. The number of aromatic amines is 2. The number of carbonyl (C=O) groups is 15. The van der Waals surface area contributed by atoms with Gasteiger partial charge in [0.25, 0.3) is 0 Å². The molecule has 1 aliphatic rings. The van der Waals surface area contributed by atoms with Gasteiger partial charge >= 0.3 is 0 Å². The maximum Gasteiger partial charge on any atom is 0.245 e. The Morgan fingerprint density at radius 3 is 1.58 bits per heavy atom. The van der Waals surface area contributed by atoms with E-state index < -0.39 is 192 Å². The van der Waals surface area contributed by atoms with Crippen LogP contribution in [-0.2, 0) is 104 Å². The maximum absolute atomic E-state index is 15.2. The Bertz CT molecular complexity index is 4450. The molecule has 1 aliphatic heterocycles. The quantitative estimate of drug-likeness (QED) is 0.0209. The Hall–Kier alpha value is -12.2. The molecule has 14 atom stereocenters. The first kappa shape index (κ1) is 93.0. The van der Waals surface area contributed by atoms with Crippen LogP contribution in [0.25, 0.3) is 10.9 Å². The number of carbonyl (C=O) groups excluding carboxylic acids is 15. The number of nitrogens with two attached hydrogens (primary N) is 1. The molecule has 15 amide bonds. The second-order valence-corrected chi connectivity index (χ2v) is 30.6. The maximum atomic E-state index is 15.2. The van der Waals surface area contributed by atoms with Crippen LogP contribution in [0, 0.1) is 17.8 Å². The number of hydrogen-bond donors (Lipinski definition) is 19. The second kappa shape index (κ2) is 45.3. The predicted octanol–water partition coefficient (Wildman–Crippen LogP) is -0.750. The van der Waals surface area contributed by atoms with Gasteiger partial charge in [-0.25, -0.2) is 4.98 Å². The van der Waals surface area contributed by atoms with E-state index in [4.69, 9.17) is 5.73 Å². The highest BCUT2D eigenvalue weighted by Crippen LogP contribution is 2.24. The van der Waals surface area contributed by atoms with Gasteiger partial charge in [-0.3, -0.25) is 71.9 Å². The van der Waals surface area contributed by atoms with Crippen molar-refractivity contribution in [1.82, 2.24) is 89.0 Å². The SMILES string of the molecule is CC[C@H](C)[C@H](NC(=O)[C@H](Cc1ccccc1)NC(C)=O)C(=O)N[C@H](C(=O)NCC(=O)N[C@@H](Cc1c[nH]cn1)C(=O)N[C@@H](Cc1ccc(O)cc1)C(=O)N[C@@H](Cc1c[nH]c2ccccc12)C(=O)N[C@H](C(=O)N[C@@H](C)C(=O)N[C@@H](Cc1ccccc1)C(=O)N[C@@H](CC(C)C)C(=O)N1CCC[C@H]1C(=O)N[C@@H](CS)C(=O)NCC(N)=O)C(C)C)[C@@H](C)O. The lowest BCUT2D eigenvalue weighted by Crippen LogP contribution is -2.61. The molecule has 1 saturated heterocycles. The van der Waals surface area contributed by atoms with Crippen LogP contribution in [0.15, 0.2) is 128 Å². The number of likely N-dealkylation sites (tertiary alicyclic amines) is 1. The van der Waals surface area contributed by atoms with Crippen molar-refractivity contribution in [2.75, 3.05) is 25.4 Å². The van der Waals surface area contributed by atoms with E-state index in [1.54, 1.807) is 119 Å². The first-order valence-corrected chi connectivity index (χ1v) is 39.9. The smallest absolute Gasteiger partial charge is 0.245 e. The summed E-state index contributed by atoms with van der Waals surface area (Å²) in [5.41, 5.74) is 8.38. The van der Waals surface area contributed by atoms with Crippen molar-refractivity contribution in [3.8, 4) is 5.75 Å². The van der Waals surface area contributed by atoms with Crippen LogP contribution in [0.4, 0.5) is 0 Å². The number of phenolic OH excluding ortho intramolecular Hbond substituents is 1. The van der Waals surface area contributed by atoms with E-state index in [9.17, 15) is 72.5 Å². The van der Waals surface area contributed by atoms with Crippen molar-refractivity contribution in [3.63, 3.8) is 0 Å². The number of nitrogens with one attached hydrogen (secondary N) is 15. The number of aliphatic hydroxyl groups is 1. The number of H-pyrrole nitrogens is 2. The van der Waals surface area contributed by atoms with Crippen molar-refractivity contribution >= 4 is 112 Å². The molecule has 118 heavy (non-hydrogen) atoms. The number of thiol groups is 1. The number of fused-ring (bicyclic) bond motifs is 1. The van der Waals surface area contributed by atoms with Gasteiger partial charge in [-0.1, -0.05) is 139 Å². The van der Waals surface area contributed by atoms with Crippen LogP contribution in [0.3, 0.4) is 0 Å². The largest absolute Gasteiger partial charge is 0.508 e. The van der Waals surface area contributed by atoms with Crippen molar-refractivity contribution in [3.05, 3.63) is 156 Å². The highest BCUT2D eigenvalue weighted by atomic mass is 32.1. The number of primary amides is 1. The number of phenols is 1. The lowest BCUT2D eigenvalue weighted by molar-refractivity contribution is -0.142. The second-order valence-electron chi connectivity index (χ2n) is 30.2. The minimum atomic E-state index is -1.70. The number of hydrogen-bond acceptors (Lipinski definition) is 19. The zero-order valence-electron chi connectivity index (χ0n) is 67.5. The lowest BCUT2D eigenvalue weighted by atomic mass is 9.96. The summed E-state index contributed by atoms with van der Waals surface area (Å²) in [5, 5.41) is 56.0. The van der Waals surface area contributed by atoms with Gasteiger partial charge in [-0.15, -0.1) is 0 Å². The molecule has 3 heterocycles. The molecule has 4 aromatic carbocycles. The first-order chi connectivity index (χ1) is 56.1. The zero-order valence-corrected chi connectivity index (χ0v) is 68.4. The van der Waals surface area contributed by atoms with Gasteiger partial charge in [0.2, 0.25) is 88.6 Å². The normalized spacial score (nSPS) is 15.8. The minimum absolute atomic E-state index is 0.0843. The van der Waals surface area contributed by atoms with E-state index in [1.807, 2.05) is 13.8 Å². The number of aromatic hydroxyl groups is 1. The minimum Gasteiger partial charge on any atom is -0.508 e. The summed E-state index contributed by atoms with van der Waals surface area (Å²) < 4.78 is 0. The van der Waals surface area contributed by atoms with Gasteiger partial charge in [0.1, 0.15) is 78.3 Å². The van der Waals surface area contributed by atoms with Crippen molar-refractivity contribution < 1.29 is 82.1 Å². The number of nitrogens with zero attached hydrogens (tertiary/aromatic N) is 2. The topological polar surface area (TPSA) is 527 Å². The van der Waals surface area contributed by atoms with E-state index in [0.717, 1.165) is 5.56 Å². The average molecular weight is 1650 g/mol. The summed E-state index contributed by atoms with van der Waals surface area (Å²) in [7, 11) is 0. The summed E-state index contributed by atoms with van der Waals surface area (Å²) in [5.74, 6) is -13.8. The third kappa shape index (κ3) is 28.3. The molecule has 1 fully saturated rings. The Kier molecular flexibility index (Phi) is 35.7. The van der Waals surface area contributed by atoms with E-state index in [-0.39, 0.29) is 74.6 Å². The van der Waals surface area contributed by atoms with E-state index in [0.29, 0.717) is 40.4 Å². The van der Waals surface area contributed by atoms with Gasteiger partial charge in [0.15, 0.2) is 0 Å². The van der Waals surface area contributed by atoms with Crippen LogP contribution < -0.4 is 74.9 Å². The molecule has 36 heteroatoms. The van der Waals surface area contributed by atoms with E-state index >= 15 is 9.59 Å². The van der Waals surface area contributed by atoms with Crippen molar-refractivity contribution in [2.24, 2.45) is 23.5 Å². The third-order valence-electron chi connectivity index (χ3n) is 19.9. The van der Waals surface area contributed by atoms with Gasteiger partial charge in [0.05, 0.1) is 31.2 Å². The summed E-state index contributed by atoms with van der Waals surface area (Å²) in [6.07, 6.45) is 3.09. The van der Waals surface area contributed by atoms with Crippen LogP contribution >= 0.6 is 12.6 Å². The van der Waals surface area contributed by atoms with E-state index in [2.05, 4.69) is 96.7 Å². The molecule has 6 aromatic rings. The third-order valence-corrected chi connectivity index (χ3v) is 20.3. The summed E-state index contributed by atoms with van der Waals surface area (Å²) >= 11 is 4.19. The van der Waals surface area contributed by atoms with Crippen molar-refractivity contribution in [2.45, 2.75) is 199 Å². The van der Waals surface area contributed by atoms with Crippen LogP contribution in [-0.4, -0.2) is 223 Å². The molecule has 0 radical (unpaired) electrons. The standard InChI is InChI=1S/C82H110N18O17S/c1-10-46(6)69(98-76(111)58(90-49(9)102)33-50-20-13-11-14-21-50)81(116)99-70(48(8)101)79(114)87-41-67(105)91-62(37-54-39-84-43-88-54)75(110)93-60(35-52-27-29-55(103)30-28-52)73(108)94-61(36-53-38-85-57-25-18-17-24-56(53)57)77(112)97-68(45(4)5)80(115)89-47(7)71(106)92-59(34-51-22-15-12-16-23-51)74(109)95-63(32-44(2)3)82(117)100-31-19-26-65(100)78(113)96-64(42-118)72(107)86-40-66(83)104/h11-18,20-25,27-30,38-39,43-48,58-65,68-70,85,101,103,118H,10,19,26,31-37,40-42H2,1-9H3,(H2,83,104)(H,84,88)(H,86,107)(H,87,114)(H,89,115)(H,90,102)(H,91,105)(H,92,106)(H,93,110)(H,94,108)(H,95,109)(H,96,113)(H,97,112)(H,98,111)(H,99,116)/t46-,47-,48+,58-,59-,60-,61-,62-,63-,64-,65-,68-,69-,70-/m0/s1. The van der Waals surface area contributed by atoms with Crippen LogP contribution in [0.1, 0.15) is 116 Å². The number of rotatable bonds is 44. The Morgan fingerprint density at radius 1 is 0.525 bits per heavy atom. The molecule has 0 unspecified atom stereocenters. The summed E-state index contributed by atoms with van der Waals surface area (Å²) in [4.78, 5) is 221. The number of aromatic nitrogens is 3. The van der Waals surface area contributed by atoms with Crippen LogP contribution in [0.2, 0.25) is 0 Å². The highest BCUT2D eigenvalue weighted by molar-refractivity contribution is 7.80. The van der Waals surface area contributed by atoms with Gasteiger partial charge in [0, 0.05) is 74.6 Å². The highest BCUT2D eigenvalue weighted by Gasteiger charge is 2.42. The number of benzene rings is 4. The molecule has 0 aliphatic carbocycles. The molecule has 7 rings (SSSR count). The monoisotopic (exact) mass is 1650 g/mol. The fraction of sp³-hybridized carbons (Fsp3) is 0.463. The fourth-order valence-corrected chi connectivity index (χ4v) is 13.6. The summed E-state index contributed by atoms with van der Waals surface area (Å²) in [6.45, 7) is 13.0. The number of imidazole rings is 1. The molecule has 636 valence electrons. The fourth-order valence-electron chi connectivity index (χ4n) is 13.3. The average Bonchev–Trinajstić information content (AvgIpc) is 1.63. The van der Waals surface area contributed by atoms with E-state index in [1.165, 1.54) is 62.5 Å². The predicted molar refractivity (Wildman–Crippen MR) is 438 cm³/mol. The molecule has 0 spiro atoms. The first-order valence-electron chi connectivity index (χ1n) is 39.2. The Morgan fingerprint density at radius 2 is 1.03 bits per heavy atom. The number of para-hydroxylation sites is 1. The van der Waals surface area contributed by atoms with Gasteiger partial charge < -0.3 is 99.9 Å². The molecular formula is C82H110N18O17S. The summed E-state index contributed by atoms with van der Waals surface area (Å²) in [6, 6.07) is 13.9. The molecule has 2 aromatic heterocycles. The van der Waals surface area contributed by atoms with Gasteiger partial charge in [-0.05, 0) is 91.3 Å². The zero-order chi connectivity index (χ0) is 86.4. The Labute approximate surface area is 689 Å². The lowest BCUT2D eigenvalue weighted by Gasteiger charge is -2.31. The molecule has 35 nitrogen and oxygen atoms in total. The molecular weight excluding hydrogens is 1540 g/mol. The van der Waals surface area contributed by atoms with Crippen LogP contribution in [0.5, 0.6) is 5.75 Å². The Balaban J connectivity index is 1.07. The number of aliphatic hydroxyl groups excluding tert-OH is 1. The molecule has 0 saturated carbocycles.